The summed E-state index contributed by atoms with van der Waals surface area (Å²) in [5, 5.41) is 0. The Morgan fingerprint density at radius 2 is 2.04 bits per heavy atom. The molecule has 0 bridgehead atoms. The van der Waals surface area contributed by atoms with Gasteiger partial charge in [0.2, 0.25) is 5.91 Å². The van der Waals surface area contributed by atoms with Crippen LogP contribution in [0.1, 0.15) is 30.7 Å². The molecule has 4 rings (SSSR count). The molecule has 6 nitrogen and oxygen atoms in total. The normalized spacial score (nSPS) is 34.5. The molecular formula is C17H21F3N4O2. The highest BCUT2D eigenvalue weighted by molar-refractivity contribution is 5.82. The van der Waals surface area contributed by atoms with Gasteiger partial charge in [0.15, 0.2) is 0 Å². The number of hydrazine groups is 1. The van der Waals surface area contributed by atoms with E-state index in [1.165, 1.54) is 6.20 Å². The largest absolute Gasteiger partial charge is 0.406 e. The zero-order chi connectivity index (χ0) is 18.5. The molecule has 3 fully saturated rings. The molecule has 3 heterocycles. The molecule has 2 saturated heterocycles. The number of amides is 1. The quantitative estimate of drug-likeness (QED) is 0.729. The summed E-state index contributed by atoms with van der Waals surface area (Å²) in [6.45, 7) is -0.878. The van der Waals surface area contributed by atoms with Gasteiger partial charge in [-0.05, 0) is 37.2 Å². The third-order valence-electron chi connectivity index (χ3n) is 5.99. The second-order valence-corrected chi connectivity index (χ2v) is 7.43. The Hall–Kier alpha value is -1.87. The first-order valence-corrected chi connectivity index (χ1v) is 8.88. The van der Waals surface area contributed by atoms with Gasteiger partial charge in [-0.15, -0.1) is 0 Å². The van der Waals surface area contributed by atoms with Crippen LogP contribution >= 0.6 is 0 Å². The molecular weight excluding hydrogens is 349 g/mol. The highest BCUT2D eigenvalue weighted by atomic mass is 19.4. The molecule has 1 saturated carbocycles. The first-order valence-electron chi connectivity index (χ1n) is 8.88. The number of carbonyl (C=O) groups is 1. The van der Waals surface area contributed by atoms with Gasteiger partial charge in [0.1, 0.15) is 6.54 Å². The second kappa shape index (κ2) is 6.38. The number of H-pyrrole nitrogens is 1. The van der Waals surface area contributed by atoms with E-state index >= 15 is 0 Å². The molecule has 2 aliphatic heterocycles. The van der Waals surface area contributed by atoms with Crippen LogP contribution in [0.4, 0.5) is 13.2 Å². The Balaban J connectivity index is 1.65. The van der Waals surface area contributed by atoms with Crippen LogP contribution in [0.5, 0.6) is 0 Å². The van der Waals surface area contributed by atoms with Crippen molar-refractivity contribution in [1.29, 1.82) is 0 Å². The fourth-order valence-corrected chi connectivity index (χ4v) is 4.91. The lowest BCUT2D eigenvalue weighted by molar-refractivity contribution is -0.178. The van der Waals surface area contributed by atoms with Crippen LogP contribution in [0.25, 0.3) is 0 Å². The van der Waals surface area contributed by atoms with Crippen molar-refractivity contribution >= 4 is 5.91 Å². The number of aromatic amines is 1. The zero-order valence-corrected chi connectivity index (χ0v) is 14.1. The summed E-state index contributed by atoms with van der Waals surface area (Å²) in [6, 6.07) is 2.78. The summed E-state index contributed by atoms with van der Waals surface area (Å²) in [5.74, 6) is -1.10. The lowest BCUT2D eigenvalue weighted by Crippen LogP contribution is -2.63. The lowest BCUT2D eigenvalue weighted by atomic mass is 9.67. The minimum absolute atomic E-state index is 0.0471. The molecule has 142 valence electrons. The maximum atomic E-state index is 13.1. The van der Waals surface area contributed by atoms with E-state index in [0.29, 0.717) is 24.9 Å². The van der Waals surface area contributed by atoms with Gasteiger partial charge in [0.25, 0.3) is 5.56 Å². The summed E-state index contributed by atoms with van der Waals surface area (Å²) in [6.07, 6.45) is -1.11. The van der Waals surface area contributed by atoms with Crippen molar-refractivity contribution in [3.05, 3.63) is 34.2 Å². The van der Waals surface area contributed by atoms with Crippen molar-refractivity contribution in [2.24, 2.45) is 11.8 Å². The summed E-state index contributed by atoms with van der Waals surface area (Å²) in [4.78, 5) is 28.5. The number of halogens is 3. The first kappa shape index (κ1) is 17.5. The van der Waals surface area contributed by atoms with Gasteiger partial charge in [-0.2, -0.15) is 13.2 Å². The molecule has 3 N–H and O–H groups in total. The standard InChI is InChI=1S/C17H21F3N4O2/c18-17(19,20)8-24-13-6-9(10-2-1-5-21-15(10)25)3-4-11(13)14-12(16(24)26)7-22-23-14/h1-2,5,9,11-14,22-23H,3-4,6-8H2,(H,21,25). The number of fused-ring (bicyclic) bond motifs is 3. The summed E-state index contributed by atoms with van der Waals surface area (Å²) < 4.78 is 39.4. The van der Waals surface area contributed by atoms with Crippen molar-refractivity contribution in [3.63, 3.8) is 0 Å². The lowest BCUT2D eigenvalue weighted by Gasteiger charge is -2.50. The minimum Gasteiger partial charge on any atom is -0.330 e. The Bertz CT molecular complexity index is 750. The van der Waals surface area contributed by atoms with Crippen LogP contribution in [0, 0.1) is 11.8 Å². The number of piperidine rings is 1. The van der Waals surface area contributed by atoms with Gasteiger partial charge in [0.05, 0.1) is 5.92 Å². The monoisotopic (exact) mass is 370 g/mol. The fourth-order valence-electron chi connectivity index (χ4n) is 4.91. The summed E-state index contributed by atoms with van der Waals surface area (Å²) >= 11 is 0. The van der Waals surface area contributed by atoms with E-state index in [1.54, 1.807) is 12.1 Å². The summed E-state index contributed by atoms with van der Waals surface area (Å²) in [5.41, 5.74) is 6.40. The van der Waals surface area contributed by atoms with Gasteiger partial charge in [-0.25, -0.2) is 0 Å². The molecule has 0 aromatic carbocycles. The number of pyridine rings is 1. The molecule has 1 aromatic rings. The van der Waals surface area contributed by atoms with Crippen LogP contribution in [0.3, 0.4) is 0 Å². The SMILES string of the molecule is O=C1C2CNNC2C2CCC(c3ccc[nH]c3=O)CC2N1CC(F)(F)F. The first-order chi connectivity index (χ1) is 12.3. The van der Waals surface area contributed by atoms with Crippen LogP contribution in [0.2, 0.25) is 0 Å². The molecule has 1 amide bonds. The molecule has 5 atom stereocenters. The van der Waals surface area contributed by atoms with Crippen LogP contribution in [0.15, 0.2) is 23.1 Å². The number of likely N-dealkylation sites (tertiary alicyclic amines) is 1. The smallest absolute Gasteiger partial charge is 0.330 e. The van der Waals surface area contributed by atoms with Crippen LogP contribution in [-0.2, 0) is 4.79 Å². The molecule has 3 aliphatic rings. The number of carbonyl (C=O) groups excluding carboxylic acids is 1. The van der Waals surface area contributed by atoms with Crippen molar-refractivity contribution in [3.8, 4) is 0 Å². The third kappa shape index (κ3) is 3.03. The van der Waals surface area contributed by atoms with E-state index in [1.807, 2.05) is 0 Å². The Kier molecular flexibility index (Phi) is 4.31. The summed E-state index contributed by atoms with van der Waals surface area (Å²) in [7, 11) is 0. The average molecular weight is 370 g/mol. The second-order valence-electron chi connectivity index (χ2n) is 7.43. The van der Waals surface area contributed by atoms with Crippen molar-refractivity contribution < 1.29 is 18.0 Å². The van der Waals surface area contributed by atoms with Gasteiger partial charge >= 0.3 is 6.18 Å². The number of nitrogens with zero attached hydrogens (tertiary/aromatic N) is 1. The fraction of sp³-hybridized carbons (Fsp3) is 0.647. The Morgan fingerprint density at radius 1 is 1.23 bits per heavy atom. The zero-order valence-electron chi connectivity index (χ0n) is 14.1. The highest BCUT2D eigenvalue weighted by Gasteiger charge is 2.54. The number of alkyl halides is 3. The molecule has 9 heteroatoms. The van der Waals surface area contributed by atoms with E-state index < -0.39 is 30.6 Å². The topological polar surface area (TPSA) is 77.2 Å². The maximum absolute atomic E-state index is 13.1. The number of aromatic nitrogens is 1. The van der Waals surface area contributed by atoms with Gasteiger partial charge < -0.3 is 9.88 Å². The van der Waals surface area contributed by atoms with E-state index in [2.05, 4.69) is 15.8 Å². The van der Waals surface area contributed by atoms with E-state index in [-0.39, 0.29) is 23.4 Å². The van der Waals surface area contributed by atoms with Gasteiger partial charge in [0, 0.05) is 30.4 Å². The Labute approximate surface area is 148 Å². The van der Waals surface area contributed by atoms with Crippen molar-refractivity contribution in [2.45, 2.75) is 43.4 Å². The van der Waals surface area contributed by atoms with Crippen LogP contribution < -0.4 is 16.4 Å². The molecule has 5 unspecified atom stereocenters. The minimum atomic E-state index is -4.44. The maximum Gasteiger partial charge on any atom is 0.406 e. The molecule has 26 heavy (non-hydrogen) atoms. The van der Waals surface area contributed by atoms with E-state index in [9.17, 15) is 22.8 Å². The number of hydrogen-bond acceptors (Lipinski definition) is 4. The number of hydrogen-bond donors (Lipinski definition) is 3. The average Bonchev–Trinajstić information content (AvgIpc) is 3.08. The van der Waals surface area contributed by atoms with E-state index in [0.717, 1.165) is 11.3 Å². The molecule has 1 aliphatic carbocycles. The molecule has 0 spiro atoms. The highest BCUT2D eigenvalue weighted by Crippen LogP contribution is 2.44. The molecule has 1 aromatic heterocycles. The predicted octanol–water partition coefficient (Wildman–Crippen LogP) is 1.12. The van der Waals surface area contributed by atoms with Crippen LogP contribution in [-0.4, -0.2) is 47.1 Å². The van der Waals surface area contributed by atoms with E-state index in [4.69, 9.17) is 0 Å². The number of nitrogens with one attached hydrogen (secondary N) is 3. The molecule has 0 radical (unpaired) electrons. The van der Waals surface area contributed by atoms with Gasteiger partial charge in [-0.3, -0.25) is 20.4 Å². The Morgan fingerprint density at radius 3 is 2.77 bits per heavy atom. The number of rotatable bonds is 2. The predicted molar refractivity (Wildman–Crippen MR) is 87.1 cm³/mol. The van der Waals surface area contributed by atoms with Crippen molar-refractivity contribution in [2.75, 3.05) is 13.1 Å². The van der Waals surface area contributed by atoms with Gasteiger partial charge in [-0.1, -0.05) is 6.07 Å². The van der Waals surface area contributed by atoms with Crippen molar-refractivity contribution in [1.82, 2.24) is 20.7 Å². The third-order valence-corrected chi connectivity index (χ3v) is 5.99.